The number of nitrogens with zero attached hydrogens (tertiary/aromatic N) is 1. The summed E-state index contributed by atoms with van der Waals surface area (Å²) >= 11 is 12.6. The van der Waals surface area contributed by atoms with Crippen molar-refractivity contribution < 1.29 is 19.1 Å². The van der Waals surface area contributed by atoms with E-state index in [2.05, 4.69) is 15.5 Å². The number of likely N-dealkylation sites (tertiary alicyclic amines) is 1. The van der Waals surface area contributed by atoms with Gasteiger partial charge in [0.1, 0.15) is 11.4 Å². The highest BCUT2D eigenvalue weighted by Gasteiger charge is 2.69. The zero-order chi connectivity index (χ0) is 27.1. The van der Waals surface area contributed by atoms with Crippen molar-refractivity contribution in [3.8, 4) is 0 Å². The van der Waals surface area contributed by atoms with E-state index in [4.69, 9.17) is 23.2 Å². The van der Waals surface area contributed by atoms with E-state index >= 15 is 4.39 Å². The third-order valence-corrected chi connectivity index (χ3v) is 9.49. The quantitative estimate of drug-likeness (QED) is 0.355. The number of hydrogen-bond donors (Lipinski definition) is 3. The number of fused-ring (bicyclic) bond motifs is 3. The van der Waals surface area contributed by atoms with Crippen LogP contribution in [0.4, 0.5) is 10.1 Å². The molecule has 39 heavy (non-hydrogen) atoms. The van der Waals surface area contributed by atoms with Gasteiger partial charge in [0.2, 0.25) is 5.91 Å². The molecular weight excluding hydrogens is 540 g/mol. The summed E-state index contributed by atoms with van der Waals surface area (Å²) in [5, 5.41) is 16.7. The van der Waals surface area contributed by atoms with Crippen LogP contribution in [-0.4, -0.2) is 40.5 Å². The molecule has 1 spiro atoms. The van der Waals surface area contributed by atoms with Gasteiger partial charge in [-0.3, -0.25) is 9.69 Å². The van der Waals surface area contributed by atoms with Crippen molar-refractivity contribution in [3.63, 3.8) is 0 Å². The van der Waals surface area contributed by atoms with Crippen LogP contribution in [0, 0.1) is 11.7 Å². The lowest BCUT2D eigenvalue weighted by atomic mass is 9.73. The molecular formula is C30H26Cl2FN3O3. The molecule has 4 aliphatic rings. The molecule has 2 saturated heterocycles. The van der Waals surface area contributed by atoms with Crippen LogP contribution in [0.15, 0.2) is 60.7 Å². The van der Waals surface area contributed by atoms with Crippen LogP contribution >= 0.6 is 23.2 Å². The Kier molecular flexibility index (Phi) is 5.79. The summed E-state index contributed by atoms with van der Waals surface area (Å²) in [6.45, 7) is 0.724. The van der Waals surface area contributed by atoms with Gasteiger partial charge in [0.25, 0.3) is 0 Å². The highest BCUT2D eigenvalue weighted by molar-refractivity contribution is 6.31. The molecule has 0 unspecified atom stereocenters. The van der Waals surface area contributed by atoms with Crippen molar-refractivity contribution in [2.75, 3.05) is 11.9 Å². The van der Waals surface area contributed by atoms with Gasteiger partial charge in [-0.2, -0.15) is 0 Å². The van der Waals surface area contributed by atoms with E-state index in [0.29, 0.717) is 28.6 Å². The summed E-state index contributed by atoms with van der Waals surface area (Å²) < 4.78 is 15.9. The largest absolute Gasteiger partial charge is 0.478 e. The molecule has 3 heterocycles. The van der Waals surface area contributed by atoms with Gasteiger partial charge in [0, 0.05) is 46.9 Å². The van der Waals surface area contributed by atoms with E-state index in [9.17, 15) is 14.7 Å². The molecule has 6 nitrogen and oxygen atoms in total. The predicted octanol–water partition coefficient (Wildman–Crippen LogP) is 5.96. The Balaban J connectivity index is 1.39. The summed E-state index contributed by atoms with van der Waals surface area (Å²) in [6.07, 6.45) is 2.89. The number of benzene rings is 3. The first-order valence-electron chi connectivity index (χ1n) is 13.2. The lowest BCUT2D eigenvalue weighted by Gasteiger charge is -2.41. The van der Waals surface area contributed by atoms with Gasteiger partial charge >= 0.3 is 5.97 Å². The van der Waals surface area contributed by atoms with Crippen molar-refractivity contribution in [3.05, 3.63) is 98.8 Å². The Bertz CT molecular complexity index is 1510. The number of halogens is 3. The van der Waals surface area contributed by atoms with Crippen LogP contribution in [0.5, 0.6) is 0 Å². The Morgan fingerprint density at radius 1 is 1.10 bits per heavy atom. The van der Waals surface area contributed by atoms with Crippen molar-refractivity contribution in [1.29, 1.82) is 0 Å². The van der Waals surface area contributed by atoms with Gasteiger partial charge in [0.15, 0.2) is 0 Å². The minimum atomic E-state index is -1.13. The van der Waals surface area contributed by atoms with Gasteiger partial charge in [-0.1, -0.05) is 53.5 Å². The second-order valence-electron chi connectivity index (χ2n) is 11.1. The first-order valence-corrected chi connectivity index (χ1v) is 14.0. The zero-order valence-corrected chi connectivity index (χ0v) is 22.3. The first-order chi connectivity index (χ1) is 18.8. The molecule has 3 aromatic carbocycles. The number of hydrogen-bond acceptors (Lipinski definition) is 4. The summed E-state index contributed by atoms with van der Waals surface area (Å²) in [5.41, 5.74) is 1.92. The molecule has 1 aliphatic carbocycles. The van der Waals surface area contributed by atoms with Crippen LogP contribution in [0.1, 0.15) is 58.3 Å². The van der Waals surface area contributed by atoms with E-state index in [1.165, 1.54) is 6.07 Å². The van der Waals surface area contributed by atoms with E-state index in [1.807, 2.05) is 18.2 Å². The number of carbonyl (C=O) groups is 2. The Hall–Kier alpha value is -2.97. The predicted molar refractivity (Wildman–Crippen MR) is 147 cm³/mol. The van der Waals surface area contributed by atoms with Crippen molar-refractivity contribution in [2.24, 2.45) is 5.92 Å². The maximum Gasteiger partial charge on any atom is 0.335 e. The molecule has 3 aliphatic heterocycles. The molecule has 1 saturated carbocycles. The van der Waals surface area contributed by atoms with Crippen LogP contribution in [0.3, 0.4) is 0 Å². The Labute approximate surface area is 235 Å². The molecule has 0 aromatic heterocycles. The summed E-state index contributed by atoms with van der Waals surface area (Å²) in [4.78, 5) is 27.9. The standard InChI is InChI=1S/C30H26Cl2FN3O3/c31-18-10-11-20-23(12-18)35-29(39)30(20)25(19-2-1-3-21(32)26(19)33)27-24(36(30)14-15-4-5-15)13-22(34-27)16-6-8-17(9-7-16)28(37)38/h1-3,6-12,15,22,24-25,27,34H,4-5,13-14H2,(H,35,39)(H,37,38)/t22-,24+,25+,27-,30-/m0/s1. The highest BCUT2D eigenvalue weighted by atomic mass is 35.5. The number of nitrogens with one attached hydrogen (secondary N) is 2. The zero-order valence-electron chi connectivity index (χ0n) is 20.8. The van der Waals surface area contributed by atoms with Gasteiger partial charge in [-0.25, -0.2) is 9.18 Å². The van der Waals surface area contributed by atoms with Gasteiger partial charge in [-0.15, -0.1) is 0 Å². The SMILES string of the molecule is O=C(O)c1ccc([C@@H]2C[C@@H]3[C@H](N2)[C@@H](c2cccc(Cl)c2F)[C@@]2(C(=O)Nc4cc(Cl)ccc42)N3CC2CC2)cc1. The van der Waals surface area contributed by atoms with Gasteiger partial charge in [-0.05, 0) is 66.6 Å². The van der Waals surface area contributed by atoms with Crippen LogP contribution < -0.4 is 10.6 Å². The number of rotatable bonds is 5. The van der Waals surface area contributed by atoms with E-state index < -0.39 is 23.2 Å². The number of anilines is 1. The van der Waals surface area contributed by atoms with Crippen LogP contribution in [0.2, 0.25) is 10.0 Å². The smallest absolute Gasteiger partial charge is 0.335 e. The minimum absolute atomic E-state index is 0.0217. The van der Waals surface area contributed by atoms with Crippen molar-refractivity contribution in [1.82, 2.24) is 10.2 Å². The molecule has 9 heteroatoms. The average Bonchev–Trinajstić information content (AvgIpc) is 3.48. The molecule has 200 valence electrons. The maximum atomic E-state index is 15.9. The summed E-state index contributed by atoms with van der Waals surface area (Å²) in [7, 11) is 0. The molecule has 7 rings (SSSR count). The lowest BCUT2D eigenvalue weighted by Crippen LogP contribution is -2.53. The lowest BCUT2D eigenvalue weighted by molar-refractivity contribution is -0.128. The fraction of sp³-hybridized carbons (Fsp3) is 0.333. The van der Waals surface area contributed by atoms with Crippen molar-refractivity contribution in [2.45, 2.75) is 48.8 Å². The summed E-state index contributed by atoms with van der Waals surface area (Å²) in [5.74, 6) is -1.75. The van der Waals surface area contributed by atoms with Crippen LogP contribution in [0.25, 0.3) is 0 Å². The second kappa shape index (κ2) is 9.03. The minimum Gasteiger partial charge on any atom is -0.478 e. The van der Waals surface area contributed by atoms with Crippen LogP contribution in [-0.2, 0) is 10.3 Å². The highest BCUT2D eigenvalue weighted by Crippen LogP contribution is 2.61. The monoisotopic (exact) mass is 565 g/mol. The van der Waals surface area contributed by atoms with E-state index in [0.717, 1.165) is 30.5 Å². The second-order valence-corrected chi connectivity index (χ2v) is 11.9. The molecule has 5 atom stereocenters. The molecule has 1 amide bonds. The number of carboxylic acid groups (broad SMARTS) is 1. The van der Waals surface area contributed by atoms with E-state index in [-0.39, 0.29) is 34.6 Å². The fourth-order valence-corrected chi connectivity index (χ4v) is 7.51. The molecule has 3 aromatic rings. The summed E-state index contributed by atoms with van der Waals surface area (Å²) in [6, 6.07) is 16.9. The molecule has 3 fully saturated rings. The number of amides is 1. The molecule has 0 radical (unpaired) electrons. The number of carboxylic acids is 1. The Morgan fingerprint density at radius 2 is 1.87 bits per heavy atom. The third kappa shape index (κ3) is 3.74. The number of carbonyl (C=O) groups excluding carboxylic acids is 1. The average molecular weight is 566 g/mol. The van der Waals surface area contributed by atoms with Crippen molar-refractivity contribution >= 4 is 40.8 Å². The maximum absolute atomic E-state index is 15.9. The molecule has 0 bridgehead atoms. The Morgan fingerprint density at radius 3 is 2.59 bits per heavy atom. The third-order valence-electron chi connectivity index (χ3n) is 8.96. The topological polar surface area (TPSA) is 81.7 Å². The van der Waals surface area contributed by atoms with Gasteiger partial charge in [0.05, 0.1) is 10.6 Å². The molecule has 3 N–H and O–H groups in total. The number of aromatic carboxylic acids is 1. The fourth-order valence-electron chi connectivity index (χ4n) is 7.15. The first kappa shape index (κ1) is 25.0. The van der Waals surface area contributed by atoms with E-state index in [1.54, 1.807) is 36.4 Å². The normalized spacial score (nSPS) is 29.5. The van der Waals surface area contributed by atoms with Gasteiger partial charge < -0.3 is 15.7 Å².